The van der Waals surface area contributed by atoms with E-state index in [1.807, 2.05) is 84.9 Å². The zero-order chi connectivity index (χ0) is 27.9. The van der Waals surface area contributed by atoms with Gasteiger partial charge in [-0.15, -0.1) is 0 Å². The molecule has 2 N–H and O–H groups in total. The molecule has 0 saturated carbocycles. The van der Waals surface area contributed by atoms with Gasteiger partial charge in [-0.05, 0) is 54.8 Å². The van der Waals surface area contributed by atoms with Gasteiger partial charge in [-0.2, -0.15) is 0 Å². The fourth-order valence-corrected chi connectivity index (χ4v) is 4.93. The summed E-state index contributed by atoms with van der Waals surface area (Å²) in [5.74, 6) is 0.586. The number of hydrogen-bond acceptors (Lipinski definition) is 5. The van der Waals surface area contributed by atoms with E-state index in [9.17, 15) is 14.7 Å². The van der Waals surface area contributed by atoms with Crippen molar-refractivity contribution in [2.75, 3.05) is 10.2 Å². The number of aliphatic hydroxyl groups excluding tert-OH is 1. The summed E-state index contributed by atoms with van der Waals surface area (Å²) in [5.41, 5.74) is 3.83. The number of hydrogen-bond donors (Lipinski definition) is 2. The van der Waals surface area contributed by atoms with Crippen molar-refractivity contribution in [3.63, 3.8) is 0 Å². The minimum Gasteiger partial charge on any atom is -0.456 e. The number of anilines is 2. The summed E-state index contributed by atoms with van der Waals surface area (Å²) >= 11 is 0. The average molecular weight is 534 g/mol. The highest BCUT2D eigenvalue weighted by Crippen LogP contribution is 2.39. The molecular formula is C33H31N3O4. The first-order valence-electron chi connectivity index (χ1n) is 13.3. The van der Waals surface area contributed by atoms with Gasteiger partial charge in [0.2, 0.25) is 12.3 Å². The predicted molar refractivity (Wildman–Crippen MR) is 157 cm³/mol. The molecular weight excluding hydrogens is 502 g/mol. The van der Waals surface area contributed by atoms with Crippen LogP contribution in [-0.2, 0) is 16.0 Å². The van der Waals surface area contributed by atoms with Crippen molar-refractivity contribution in [2.24, 2.45) is 5.92 Å². The lowest BCUT2D eigenvalue weighted by molar-refractivity contribution is -0.120. The summed E-state index contributed by atoms with van der Waals surface area (Å²) in [5, 5.41) is 14.4. The van der Waals surface area contributed by atoms with Crippen molar-refractivity contribution in [3.05, 3.63) is 114 Å². The molecule has 0 radical (unpaired) electrons. The average Bonchev–Trinajstić information content (AvgIpc) is 3.18. The molecule has 3 atom stereocenters. The van der Waals surface area contributed by atoms with Crippen molar-refractivity contribution >= 4 is 35.8 Å². The third-order valence-corrected chi connectivity index (χ3v) is 7.06. The normalized spacial score (nSPS) is 13.9. The molecule has 5 rings (SSSR count). The molecule has 3 aromatic carbocycles. The van der Waals surface area contributed by atoms with Crippen LogP contribution in [0.1, 0.15) is 30.0 Å². The number of benzene rings is 3. The smallest absolute Gasteiger partial charge is 0.227 e. The molecule has 7 heteroatoms. The minimum atomic E-state index is -0.996. The molecule has 2 heterocycles. The summed E-state index contributed by atoms with van der Waals surface area (Å²) in [6.07, 6.45) is 7.40. The number of carbonyl (C=O) groups is 2. The number of pyridine rings is 1. The number of fused-ring (bicyclic) bond motifs is 2. The zero-order valence-corrected chi connectivity index (χ0v) is 22.2. The van der Waals surface area contributed by atoms with E-state index in [4.69, 9.17) is 4.74 Å². The van der Waals surface area contributed by atoms with Crippen LogP contribution in [0, 0.1) is 5.92 Å². The van der Waals surface area contributed by atoms with Gasteiger partial charge < -0.3 is 20.1 Å². The van der Waals surface area contributed by atoms with Crippen molar-refractivity contribution < 1.29 is 19.4 Å². The highest BCUT2D eigenvalue weighted by atomic mass is 16.5. The molecule has 0 unspecified atom stereocenters. The number of rotatable bonds is 10. The SMILES string of the molecule is C[C@H](C[C@H](O)[C@H](Cc1ccccc1)N(C=O)c1cccc2c1C=Cc1ccccc1O2)C(=O)Nc1cccnc1. The Bertz CT molecular complexity index is 1490. The molecule has 2 amide bonds. The fraction of sp³-hybridized carbons (Fsp3) is 0.182. The van der Waals surface area contributed by atoms with E-state index in [-0.39, 0.29) is 12.3 Å². The molecule has 40 heavy (non-hydrogen) atoms. The lowest BCUT2D eigenvalue weighted by Gasteiger charge is -2.34. The van der Waals surface area contributed by atoms with Crippen molar-refractivity contribution in [1.82, 2.24) is 4.98 Å². The second-order valence-electron chi connectivity index (χ2n) is 9.87. The summed E-state index contributed by atoms with van der Waals surface area (Å²) in [7, 11) is 0. The van der Waals surface area contributed by atoms with Crippen LogP contribution in [0.15, 0.2) is 97.3 Å². The van der Waals surface area contributed by atoms with E-state index in [1.54, 1.807) is 36.4 Å². The van der Waals surface area contributed by atoms with Gasteiger partial charge in [0.15, 0.2) is 0 Å². The monoisotopic (exact) mass is 533 g/mol. The van der Waals surface area contributed by atoms with Crippen LogP contribution >= 0.6 is 0 Å². The van der Waals surface area contributed by atoms with Crippen LogP contribution < -0.4 is 15.0 Å². The van der Waals surface area contributed by atoms with E-state index < -0.39 is 18.1 Å². The van der Waals surface area contributed by atoms with E-state index in [1.165, 1.54) is 0 Å². The zero-order valence-electron chi connectivity index (χ0n) is 22.2. The number of nitrogens with one attached hydrogen (secondary N) is 1. The van der Waals surface area contributed by atoms with Crippen molar-refractivity contribution in [1.29, 1.82) is 0 Å². The second-order valence-corrected chi connectivity index (χ2v) is 9.87. The summed E-state index contributed by atoms with van der Waals surface area (Å²) in [6, 6.07) is 25.8. The molecule has 0 spiro atoms. The molecule has 0 bridgehead atoms. The maximum atomic E-state index is 12.9. The first-order valence-corrected chi connectivity index (χ1v) is 13.3. The maximum absolute atomic E-state index is 12.9. The molecule has 0 saturated heterocycles. The molecule has 1 aliphatic heterocycles. The van der Waals surface area contributed by atoms with Crippen LogP contribution in [0.4, 0.5) is 11.4 Å². The number of carbonyl (C=O) groups excluding carboxylic acids is 2. The molecule has 4 aromatic rings. The third-order valence-electron chi connectivity index (χ3n) is 7.06. The molecule has 1 aromatic heterocycles. The molecule has 0 aliphatic carbocycles. The van der Waals surface area contributed by atoms with Gasteiger partial charge in [0.1, 0.15) is 11.5 Å². The van der Waals surface area contributed by atoms with Crippen LogP contribution in [0.25, 0.3) is 12.2 Å². The van der Waals surface area contributed by atoms with Crippen molar-refractivity contribution in [3.8, 4) is 11.5 Å². The third kappa shape index (κ3) is 6.11. The van der Waals surface area contributed by atoms with Gasteiger partial charge in [0, 0.05) is 23.2 Å². The van der Waals surface area contributed by atoms with E-state index in [0.29, 0.717) is 23.5 Å². The van der Waals surface area contributed by atoms with E-state index in [0.717, 1.165) is 28.8 Å². The van der Waals surface area contributed by atoms with E-state index in [2.05, 4.69) is 10.3 Å². The number of amides is 2. The van der Waals surface area contributed by atoms with E-state index >= 15 is 0 Å². The highest BCUT2D eigenvalue weighted by molar-refractivity contribution is 5.92. The summed E-state index contributed by atoms with van der Waals surface area (Å²) in [6.45, 7) is 1.77. The lowest BCUT2D eigenvalue weighted by Crippen LogP contribution is -2.46. The molecule has 1 aliphatic rings. The minimum absolute atomic E-state index is 0.154. The van der Waals surface area contributed by atoms with Crippen LogP contribution in [0.3, 0.4) is 0 Å². The van der Waals surface area contributed by atoms with Gasteiger partial charge in [-0.3, -0.25) is 14.6 Å². The predicted octanol–water partition coefficient (Wildman–Crippen LogP) is 5.96. The summed E-state index contributed by atoms with van der Waals surface area (Å²) < 4.78 is 6.22. The molecule has 0 fully saturated rings. The Morgan fingerprint density at radius 1 is 0.975 bits per heavy atom. The van der Waals surface area contributed by atoms with Crippen LogP contribution in [-0.4, -0.2) is 34.6 Å². The molecule has 202 valence electrons. The van der Waals surface area contributed by atoms with Gasteiger partial charge in [0.05, 0.1) is 29.7 Å². The Morgan fingerprint density at radius 2 is 1.75 bits per heavy atom. The standard InChI is InChI=1S/C33H31N3O4/c1-23(33(39)35-26-12-8-18-34-21-26)19-30(38)29(20-24-9-3-2-4-10-24)36(22-37)28-13-7-15-32-27(28)17-16-25-11-5-6-14-31(25)40-32/h2-18,21-23,29-30,38H,19-20H2,1H3,(H,35,39)/t23-,29+,30+/m1/s1. The van der Waals surface area contributed by atoms with Gasteiger partial charge in [-0.25, -0.2) is 0 Å². The fourth-order valence-electron chi connectivity index (χ4n) is 4.93. The Kier molecular flexibility index (Phi) is 8.32. The Hall–Kier alpha value is -4.75. The number of nitrogens with zero attached hydrogens (tertiary/aromatic N) is 2. The first-order chi connectivity index (χ1) is 19.5. The summed E-state index contributed by atoms with van der Waals surface area (Å²) in [4.78, 5) is 31.3. The topological polar surface area (TPSA) is 91.8 Å². The quantitative estimate of drug-likeness (QED) is 0.216. The maximum Gasteiger partial charge on any atom is 0.227 e. The lowest BCUT2D eigenvalue weighted by atomic mass is 9.92. The Balaban J connectivity index is 1.45. The number of aliphatic hydroxyl groups is 1. The van der Waals surface area contributed by atoms with Gasteiger partial charge in [0.25, 0.3) is 0 Å². The van der Waals surface area contributed by atoms with Gasteiger partial charge in [-0.1, -0.05) is 67.6 Å². The van der Waals surface area contributed by atoms with Crippen LogP contribution in [0.2, 0.25) is 0 Å². The number of aromatic nitrogens is 1. The number of ether oxygens (including phenoxy) is 1. The van der Waals surface area contributed by atoms with Gasteiger partial charge >= 0.3 is 0 Å². The van der Waals surface area contributed by atoms with Crippen LogP contribution in [0.5, 0.6) is 11.5 Å². The Labute approximate surface area is 233 Å². The first kappa shape index (κ1) is 26.8. The molecule has 7 nitrogen and oxygen atoms in total. The van der Waals surface area contributed by atoms with Crippen molar-refractivity contribution in [2.45, 2.75) is 31.9 Å². The largest absolute Gasteiger partial charge is 0.456 e. The highest BCUT2D eigenvalue weighted by Gasteiger charge is 2.31. The Morgan fingerprint density at radius 3 is 2.52 bits per heavy atom. The number of para-hydroxylation sites is 1. The second kappa shape index (κ2) is 12.4.